The lowest BCUT2D eigenvalue weighted by molar-refractivity contribution is -0.115. The van der Waals surface area contributed by atoms with Gasteiger partial charge >= 0.3 is 0 Å². The van der Waals surface area contributed by atoms with Crippen molar-refractivity contribution >= 4 is 35.0 Å². The van der Waals surface area contributed by atoms with Gasteiger partial charge in [-0.1, -0.05) is 17.7 Å². The predicted molar refractivity (Wildman–Crippen MR) is 105 cm³/mol. The number of halogens is 1. The molecule has 1 aliphatic heterocycles. The van der Waals surface area contributed by atoms with E-state index < -0.39 is 0 Å². The van der Waals surface area contributed by atoms with Crippen LogP contribution in [0.25, 0.3) is 0 Å². The van der Waals surface area contributed by atoms with Gasteiger partial charge in [-0.05, 0) is 60.7 Å². The summed E-state index contributed by atoms with van der Waals surface area (Å²) in [6.45, 7) is 0. The summed E-state index contributed by atoms with van der Waals surface area (Å²) in [6, 6.07) is 20.4. The van der Waals surface area contributed by atoms with Crippen molar-refractivity contribution in [2.24, 2.45) is 0 Å². The van der Waals surface area contributed by atoms with Crippen LogP contribution in [0.15, 0.2) is 72.9 Å². The Kier molecular flexibility index (Phi) is 4.82. The van der Waals surface area contributed by atoms with Crippen LogP contribution in [0.5, 0.6) is 11.5 Å². The molecular weight excluding hydrogens is 368 g/mol. The monoisotopic (exact) mass is 382 g/mol. The van der Waals surface area contributed by atoms with E-state index in [1.807, 2.05) is 54.6 Å². The summed E-state index contributed by atoms with van der Waals surface area (Å²) in [5.41, 5.74) is 1.71. The lowest BCUT2D eigenvalue weighted by atomic mass is 10.2. The third-order valence-corrected chi connectivity index (χ3v) is 5.41. The summed E-state index contributed by atoms with van der Waals surface area (Å²) >= 11 is 7.47. The van der Waals surface area contributed by atoms with E-state index in [9.17, 15) is 4.79 Å². The van der Waals surface area contributed by atoms with Crippen molar-refractivity contribution < 1.29 is 9.53 Å². The molecular formula is C20H15ClN2O2S. The Balaban J connectivity index is 1.55. The van der Waals surface area contributed by atoms with Crippen molar-refractivity contribution in [2.75, 3.05) is 10.7 Å². The van der Waals surface area contributed by atoms with Crippen molar-refractivity contribution in [1.29, 1.82) is 0 Å². The fraction of sp³-hybridized carbons (Fsp3) is 0.100. The number of carbonyl (C=O) groups excluding carboxylic acids is 1. The highest BCUT2D eigenvalue weighted by atomic mass is 35.5. The third kappa shape index (κ3) is 3.54. The molecule has 1 fully saturated rings. The maximum Gasteiger partial charge on any atom is 0.238 e. The number of aromatic nitrogens is 1. The van der Waals surface area contributed by atoms with Crippen molar-refractivity contribution in [3.63, 3.8) is 0 Å². The second-order valence-corrected chi connectivity index (χ2v) is 7.24. The van der Waals surface area contributed by atoms with Gasteiger partial charge in [0.05, 0.1) is 11.4 Å². The molecule has 0 saturated carbocycles. The predicted octanol–water partition coefficient (Wildman–Crippen LogP) is 5.31. The van der Waals surface area contributed by atoms with E-state index in [1.54, 1.807) is 35.0 Å². The van der Waals surface area contributed by atoms with Crippen molar-refractivity contribution in [3.05, 3.63) is 83.6 Å². The average molecular weight is 383 g/mol. The molecule has 1 unspecified atom stereocenters. The summed E-state index contributed by atoms with van der Waals surface area (Å²) in [4.78, 5) is 18.6. The Hall–Kier alpha value is -2.50. The van der Waals surface area contributed by atoms with Gasteiger partial charge in [-0.2, -0.15) is 0 Å². The molecule has 4 rings (SSSR count). The van der Waals surface area contributed by atoms with Crippen molar-refractivity contribution in [2.45, 2.75) is 5.37 Å². The number of nitrogens with zero attached hydrogens (tertiary/aromatic N) is 2. The molecule has 2 aromatic carbocycles. The van der Waals surface area contributed by atoms with E-state index >= 15 is 0 Å². The van der Waals surface area contributed by atoms with Crippen LogP contribution in [0, 0.1) is 0 Å². The summed E-state index contributed by atoms with van der Waals surface area (Å²) in [6.07, 6.45) is 1.75. The first-order valence-corrected chi connectivity index (χ1v) is 9.51. The molecule has 0 spiro atoms. The topological polar surface area (TPSA) is 42.4 Å². The zero-order valence-electron chi connectivity index (χ0n) is 13.7. The van der Waals surface area contributed by atoms with Gasteiger partial charge in [0.1, 0.15) is 16.9 Å². The zero-order chi connectivity index (χ0) is 17.9. The molecule has 4 nitrogen and oxygen atoms in total. The molecule has 6 heteroatoms. The first-order chi connectivity index (χ1) is 12.7. The van der Waals surface area contributed by atoms with Gasteiger partial charge in [0, 0.05) is 16.9 Å². The molecule has 1 amide bonds. The number of rotatable bonds is 4. The van der Waals surface area contributed by atoms with Crippen molar-refractivity contribution in [1.82, 2.24) is 4.98 Å². The van der Waals surface area contributed by atoms with Crippen molar-refractivity contribution in [3.8, 4) is 11.5 Å². The molecule has 0 radical (unpaired) electrons. The average Bonchev–Trinajstić information content (AvgIpc) is 3.06. The fourth-order valence-corrected chi connectivity index (χ4v) is 4.02. The zero-order valence-corrected chi connectivity index (χ0v) is 15.3. The highest BCUT2D eigenvalue weighted by Gasteiger charge is 2.34. The molecule has 0 bridgehead atoms. The largest absolute Gasteiger partial charge is 0.457 e. The van der Waals surface area contributed by atoms with Crippen LogP contribution < -0.4 is 9.64 Å². The van der Waals surface area contributed by atoms with Crippen LogP contribution in [0.3, 0.4) is 0 Å². The molecule has 1 saturated heterocycles. The van der Waals surface area contributed by atoms with Gasteiger partial charge in [-0.15, -0.1) is 11.8 Å². The van der Waals surface area contributed by atoms with Crippen LogP contribution >= 0.6 is 23.4 Å². The lowest BCUT2D eigenvalue weighted by Crippen LogP contribution is -2.28. The number of carbonyl (C=O) groups is 1. The molecule has 0 N–H and O–H groups in total. The quantitative estimate of drug-likeness (QED) is 0.613. The highest BCUT2D eigenvalue weighted by molar-refractivity contribution is 8.00. The van der Waals surface area contributed by atoms with Gasteiger partial charge in [0.2, 0.25) is 5.91 Å². The standard InChI is InChI=1S/C20H15ClN2O2S/c21-14-4-8-16(9-5-14)25-17-10-6-15(7-11-17)23-19(24)13-26-20(23)18-3-1-2-12-22-18/h1-12,20H,13H2. The summed E-state index contributed by atoms with van der Waals surface area (Å²) in [7, 11) is 0. The number of benzene rings is 2. The van der Waals surface area contributed by atoms with Crippen LogP contribution in [-0.2, 0) is 4.79 Å². The first kappa shape index (κ1) is 16.9. The SMILES string of the molecule is O=C1CSC(c2ccccn2)N1c1ccc(Oc2ccc(Cl)cc2)cc1. The molecule has 1 aromatic heterocycles. The second kappa shape index (κ2) is 7.40. The maximum absolute atomic E-state index is 12.4. The molecule has 130 valence electrons. The number of anilines is 1. The van der Waals surface area contributed by atoms with Gasteiger partial charge < -0.3 is 4.74 Å². The molecule has 3 aromatic rings. The normalized spacial score (nSPS) is 16.7. The molecule has 1 atom stereocenters. The van der Waals surface area contributed by atoms with Gasteiger partial charge in [0.25, 0.3) is 0 Å². The van der Waals surface area contributed by atoms with Gasteiger partial charge in [-0.25, -0.2) is 0 Å². The molecule has 26 heavy (non-hydrogen) atoms. The van der Waals surface area contributed by atoms with Crippen LogP contribution in [-0.4, -0.2) is 16.6 Å². The Morgan fingerprint density at radius 3 is 2.35 bits per heavy atom. The minimum atomic E-state index is -0.105. The molecule has 1 aliphatic rings. The fourth-order valence-electron chi connectivity index (χ4n) is 2.76. The summed E-state index contributed by atoms with van der Waals surface area (Å²) < 4.78 is 5.81. The lowest BCUT2D eigenvalue weighted by Gasteiger charge is -2.23. The van der Waals surface area contributed by atoms with Crippen LogP contribution in [0.2, 0.25) is 5.02 Å². The number of pyridine rings is 1. The number of thioether (sulfide) groups is 1. The number of hydrogen-bond acceptors (Lipinski definition) is 4. The minimum Gasteiger partial charge on any atom is -0.457 e. The van der Waals surface area contributed by atoms with E-state index in [4.69, 9.17) is 16.3 Å². The summed E-state index contributed by atoms with van der Waals surface area (Å²) in [5, 5.41) is 0.560. The molecule has 2 heterocycles. The number of amides is 1. The molecule has 0 aliphatic carbocycles. The maximum atomic E-state index is 12.4. The Morgan fingerprint density at radius 2 is 1.69 bits per heavy atom. The van der Waals surface area contributed by atoms with Gasteiger partial charge in [-0.3, -0.25) is 14.7 Å². The Morgan fingerprint density at radius 1 is 1.00 bits per heavy atom. The van der Waals surface area contributed by atoms with E-state index in [-0.39, 0.29) is 11.3 Å². The van der Waals surface area contributed by atoms with E-state index in [2.05, 4.69) is 4.98 Å². The minimum absolute atomic E-state index is 0.0806. The smallest absolute Gasteiger partial charge is 0.238 e. The number of ether oxygens (including phenoxy) is 1. The van der Waals surface area contributed by atoms with Crippen LogP contribution in [0.1, 0.15) is 11.1 Å². The highest BCUT2D eigenvalue weighted by Crippen LogP contribution is 2.41. The number of hydrogen-bond donors (Lipinski definition) is 0. The van der Waals surface area contributed by atoms with E-state index in [1.165, 1.54) is 0 Å². The van der Waals surface area contributed by atoms with E-state index in [0.717, 1.165) is 11.4 Å². The Bertz CT molecular complexity index is 901. The van der Waals surface area contributed by atoms with Crippen LogP contribution in [0.4, 0.5) is 5.69 Å². The van der Waals surface area contributed by atoms with Gasteiger partial charge in [0.15, 0.2) is 0 Å². The second-order valence-electron chi connectivity index (χ2n) is 5.73. The summed E-state index contributed by atoms with van der Waals surface area (Å²) in [5.74, 6) is 1.94. The third-order valence-electron chi connectivity index (χ3n) is 3.97. The van der Waals surface area contributed by atoms with E-state index in [0.29, 0.717) is 22.3 Å². The first-order valence-electron chi connectivity index (χ1n) is 8.09. The Labute approximate surface area is 160 Å².